The van der Waals surface area contributed by atoms with E-state index in [-0.39, 0.29) is 26.2 Å². The number of aliphatic hydroxyl groups excluding tert-OH is 2. The Morgan fingerprint density at radius 3 is 2.92 bits per heavy atom. The number of H-pyrrole nitrogens is 1. The quantitative estimate of drug-likeness (QED) is 0.570. The fraction of sp³-hybridized carbons (Fsp3) is 0.714. The molecule has 2 unspecified atom stereocenters. The Kier molecular flexibility index (Phi) is 5.13. The lowest BCUT2D eigenvalue weighted by Crippen LogP contribution is -2.33. The molecule has 134 valence electrons. The monoisotopic (exact) mass is 344 g/mol. The van der Waals surface area contributed by atoms with Crippen molar-refractivity contribution in [3.8, 4) is 0 Å². The Bertz CT molecular complexity index is 686. The van der Waals surface area contributed by atoms with Crippen molar-refractivity contribution in [3.05, 3.63) is 32.6 Å². The Labute approximate surface area is 136 Å². The SMILES string of the molecule is Cc1cn([C@H]2C[C@@H](O)[C@@H](COC3OCC(CO)O3)O2)c(=O)[nH]c1=O. The summed E-state index contributed by atoms with van der Waals surface area (Å²) in [5.74, 6) is 0. The molecular weight excluding hydrogens is 324 g/mol. The summed E-state index contributed by atoms with van der Waals surface area (Å²) in [7, 11) is 0. The van der Waals surface area contributed by atoms with Gasteiger partial charge in [0.25, 0.3) is 12.0 Å². The highest BCUT2D eigenvalue weighted by molar-refractivity contribution is 5.02. The lowest BCUT2D eigenvalue weighted by Gasteiger charge is -2.18. The van der Waals surface area contributed by atoms with Crippen LogP contribution in [0.5, 0.6) is 0 Å². The van der Waals surface area contributed by atoms with Crippen molar-refractivity contribution in [1.29, 1.82) is 0 Å². The number of aromatic nitrogens is 2. The lowest BCUT2D eigenvalue weighted by molar-refractivity contribution is -0.252. The highest BCUT2D eigenvalue weighted by Crippen LogP contribution is 2.28. The first kappa shape index (κ1) is 17.3. The molecule has 1 aromatic heterocycles. The van der Waals surface area contributed by atoms with Gasteiger partial charge in [0.1, 0.15) is 18.4 Å². The molecule has 0 saturated carbocycles. The number of aryl methyl sites for hydroxylation is 1. The van der Waals surface area contributed by atoms with Gasteiger partial charge in [-0.2, -0.15) is 0 Å². The van der Waals surface area contributed by atoms with Crippen LogP contribution in [0.15, 0.2) is 15.8 Å². The number of hydrogen-bond acceptors (Lipinski definition) is 8. The molecule has 0 radical (unpaired) electrons. The number of ether oxygens (including phenoxy) is 4. The minimum Gasteiger partial charge on any atom is -0.394 e. The molecule has 5 atom stereocenters. The molecule has 2 fully saturated rings. The van der Waals surface area contributed by atoms with E-state index >= 15 is 0 Å². The van der Waals surface area contributed by atoms with Crippen LogP contribution in [0.1, 0.15) is 18.2 Å². The van der Waals surface area contributed by atoms with Crippen LogP contribution >= 0.6 is 0 Å². The Morgan fingerprint density at radius 2 is 2.21 bits per heavy atom. The fourth-order valence-corrected chi connectivity index (χ4v) is 2.61. The van der Waals surface area contributed by atoms with Crippen molar-refractivity contribution in [2.45, 2.75) is 44.4 Å². The van der Waals surface area contributed by atoms with Gasteiger partial charge in [0.15, 0.2) is 0 Å². The number of hydrogen-bond donors (Lipinski definition) is 3. The van der Waals surface area contributed by atoms with Gasteiger partial charge >= 0.3 is 5.69 Å². The van der Waals surface area contributed by atoms with Crippen molar-refractivity contribution < 1.29 is 29.2 Å². The third-order valence-corrected chi connectivity index (χ3v) is 3.98. The molecule has 0 aliphatic carbocycles. The maximum Gasteiger partial charge on any atom is 0.330 e. The molecule has 2 aliphatic heterocycles. The van der Waals surface area contributed by atoms with Gasteiger partial charge in [-0.3, -0.25) is 14.3 Å². The summed E-state index contributed by atoms with van der Waals surface area (Å²) in [6.45, 7) is 0.711. The van der Waals surface area contributed by atoms with Crippen molar-refractivity contribution in [2.24, 2.45) is 0 Å². The first-order chi connectivity index (χ1) is 11.5. The molecule has 2 aliphatic rings. The van der Waals surface area contributed by atoms with Crippen LogP contribution in [-0.4, -0.2) is 64.4 Å². The second kappa shape index (κ2) is 7.13. The van der Waals surface area contributed by atoms with Crippen LogP contribution in [0.4, 0.5) is 0 Å². The summed E-state index contributed by atoms with van der Waals surface area (Å²) in [5.41, 5.74) is -0.684. The maximum atomic E-state index is 11.9. The van der Waals surface area contributed by atoms with E-state index < -0.39 is 42.3 Å². The summed E-state index contributed by atoms with van der Waals surface area (Å²) in [5, 5.41) is 19.0. The largest absolute Gasteiger partial charge is 0.394 e. The predicted molar refractivity (Wildman–Crippen MR) is 78.2 cm³/mol. The fourth-order valence-electron chi connectivity index (χ4n) is 2.61. The highest BCUT2D eigenvalue weighted by Gasteiger charge is 2.37. The Morgan fingerprint density at radius 1 is 1.42 bits per heavy atom. The van der Waals surface area contributed by atoms with Crippen molar-refractivity contribution >= 4 is 0 Å². The number of aliphatic hydroxyl groups is 2. The van der Waals surface area contributed by atoms with E-state index in [4.69, 9.17) is 24.1 Å². The summed E-state index contributed by atoms with van der Waals surface area (Å²) >= 11 is 0. The molecule has 3 N–H and O–H groups in total. The van der Waals surface area contributed by atoms with Gasteiger partial charge < -0.3 is 29.2 Å². The van der Waals surface area contributed by atoms with Crippen LogP contribution in [-0.2, 0) is 18.9 Å². The highest BCUT2D eigenvalue weighted by atomic mass is 16.9. The average Bonchev–Trinajstić information content (AvgIpc) is 3.15. The molecule has 0 amide bonds. The summed E-state index contributed by atoms with van der Waals surface area (Å²) in [6, 6.07) is 0. The van der Waals surface area contributed by atoms with Crippen LogP contribution in [0.3, 0.4) is 0 Å². The lowest BCUT2D eigenvalue weighted by atomic mass is 10.2. The van der Waals surface area contributed by atoms with Crippen LogP contribution in [0.2, 0.25) is 0 Å². The molecular formula is C14H20N2O8. The molecule has 24 heavy (non-hydrogen) atoms. The molecule has 2 saturated heterocycles. The zero-order valence-electron chi connectivity index (χ0n) is 13.1. The molecule has 3 rings (SSSR count). The second-order valence-corrected chi connectivity index (χ2v) is 5.81. The van der Waals surface area contributed by atoms with Crippen LogP contribution in [0, 0.1) is 6.92 Å². The molecule has 1 aromatic rings. The van der Waals surface area contributed by atoms with Gasteiger partial charge in [0.2, 0.25) is 0 Å². The third-order valence-electron chi connectivity index (χ3n) is 3.98. The Balaban J connectivity index is 1.60. The van der Waals surface area contributed by atoms with Crippen LogP contribution < -0.4 is 11.2 Å². The van der Waals surface area contributed by atoms with E-state index in [0.29, 0.717) is 5.56 Å². The van der Waals surface area contributed by atoms with Gasteiger partial charge in [0.05, 0.1) is 25.9 Å². The molecule has 0 bridgehead atoms. The van der Waals surface area contributed by atoms with E-state index in [9.17, 15) is 14.7 Å². The molecule has 10 heteroatoms. The maximum absolute atomic E-state index is 11.9. The number of nitrogens with one attached hydrogen (secondary N) is 1. The second-order valence-electron chi connectivity index (χ2n) is 5.81. The Hall–Kier alpha value is -1.56. The topological polar surface area (TPSA) is 132 Å². The van der Waals surface area contributed by atoms with Gasteiger partial charge in [-0.05, 0) is 6.92 Å². The number of nitrogens with zero attached hydrogens (tertiary/aromatic N) is 1. The van der Waals surface area contributed by atoms with Gasteiger partial charge in [0, 0.05) is 18.2 Å². The number of rotatable bonds is 5. The molecule has 3 heterocycles. The van der Waals surface area contributed by atoms with Gasteiger partial charge in [-0.25, -0.2) is 4.79 Å². The zero-order chi connectivity index (χ0) is 17.3. The van der Waals surface area contributed by atoms with Gasteiger partial charge in [-0.1, -0.05) is 0 Å². The first-order valence-corrected chi connectivity index (χ1v) is 7.63. The van der Waals surface area contributed by atoms with Crippen molar-refractivity contribution in [2.75, 3.05) is 19.8 Å². The van der Waals surface area contributed by atoms with Crippen LogP contribution in [0.25, 0.3) is 0 Å². The minimum atomic E-state index is -0.921. The average molecular weight is 344 g/mol. The van der Waals surface area contributed by atoms with E-state index in [1.807, 2.05) is 0 Å². The van der Waals surface area contributed by atoms with Crippen molar-refractivity contribution in [3.63, 3.8) is 0 Å². The van der Waals surface area contributed by atoms with Crippen molar-refractivity contribution in [1.82, 2.24) is 9.55 Å². The predicted octanol–water partition coefficient (Wildman–Crippen LogP) is -1.80. The standard InChI is InChI=1S/C14H20N2O8/c1-7-3-16(13(20)15-12(7)19)11-2-9(18)10(24-11)6-22-14-21-5-8(4-17)23-14/h3,8-11,14,17-18H,2,4-6H2,1H3,(H,15,19,20)/t8?,9-,10-,11-,14?/m1/s1. The normalized spacial score (nSPS) is 33.2. The van der Waals surface area contributed by atoms with E-state index in [1.54, 1.807) is 6.92 Å². The van der Waals surface area contributed by atoms with E-state index in [0.717, 1.165) is 0 Å². The van der Waals surface area contributed by atoms with E-state index in [1.165, 1.54) is 10.8 Å². The third kappa shape index (κ3) is 3.58. The summed E-state index contributed by atoms with van der Waals surface area (Å²) in [6.07, 6.45) is -1.06. The first-order valence-electron chi connectivity index (χ1n) is 7.63. The molecule has 10 nitrogen and oxygen atoms in total. The minimum absolute atomic E-state index is 0.00241. The van der Waals surface area contributed by atoms with Gasteiger partial charge in [-0.15, -0.1) is 0 Å². The summed E-state index contributed by atoms with van der Waals surface area (Å²) in [4.78, 5) is 25.5. The summed E-state index contributed by atoms with van der Waals surface area (Å²) < 4.78 is 22.7. The van der Waals surface area contributed by atoms with E-state index in [2.05, 4.69) is 4.98 Å². The zero-order valence-corrected chi connectivity index (χ0v) is 13.1. The smallest absolute Gasteiger partial charge is 0.330 e. The molecule has 0 spiro atoms. The number of aromatic amines is 1. The molecule has 0 aromatic carbocycles.